The van der Waals surface area contributed by atoms with E-state index >= 15 is 0 Å². The molecule has 1 aromatic carbocycles. The topological polar surface area (TPSA) is 119 Å². The molecule has 0 saturated carbocycles. The Morgan fingerprint density at radius 2 is 1.78 bits per heavy atom. The Balaban J connectivity index is 2.20. The highest BCUT2D eigenvalue weighted by Crippen LogP contribution is 2.39. The van der Waals surface area contributed by atoms with E-state index in [0.29, 0.717) is 22.5 Å². The number of carbonyl (C=O) groups is 2. The number of aromatic nitrogens is 2. The Kier molecular flexibility index (Phi) is 4.30. The molecular formula is C18H18N4O5. The molecule has 27 heavy (non-hydrogen) atoms. The molecule has 0 bridgehead atoms. The number of likely N-dealkylation sites (N-methyl/N-ethyl adjacent to an activating group) is 1. The van der Waals surface area contributed by atoms with Gasteiger partial charge in [-0.3, -0.25) is 24.4 Å². The number of ketones is 1. The molecule has 1 amide bonds. The van der Waals surface area contributed by atoms with Crippen molar-refractivity contribution in [1.29, 1.82) is 0 Å². The van der Waals surface area contributed by atoms with Crippen molar-refractivity contribution in [2.45, 2.75) is 19.9 Å². The number of likely N-dealkylation sites (tertiary alicyclic amines) is 1. The number of aliphatic hydroxyl groups is 1. The zero-order valence-electron chi connectivity index (χ0n) is 15.3. The third-order valence-electron chi connectivity index (χ3n) is 4.84. The van der Waals surface area contributed by atoms with Crippen molar-refractivity contribution in [3.05, 3.63) is 62.5 Å². The van der Waals surface area contributed by atoms with E-state index in [2.05, 4.69) is 5.10 Å². The van der Waals surface area contributed by atoms with Crippen LogP contribution in [0.2, 0.25) is 0 Å². The largest absolute Gasteiger partial charge is 0.507 e. The lowest BCUT2D eigenvalue weighted by Gasteiger charge is -2.20. The van der Waals surface area contributed by atoms with E-state index in [1.54, 1.807) is 25.6 Å². The van der Waals surface area contributed by atoms with Crippen molar-refractivity contribution < 1.29 is 19.6 Å². The Morgan fingerprint density at radius 1 is 1.19 bits per heavy atom. The molecule has 1 aliphatic heterocycles. The number of benzene rings is 1. The molecule has 9 nitrogen and oxygen atoms in total. The summed E-state index contributed by atoms with van der Waals surface area (Å²) in [6, 6.07) is 4.70. The van der Waals surface area contributed by atoms with Crippen molar-refractivity contribution in [3.8, 4) is 0 Å². The highest BCUT2D eigenvalue weighted by atomic mass is 16.6. The maximum absolute atomic E-state index is 12.6. The van der Waals surface area contributed by atoms with Gasteiger partial charge in [-0.25, -0.2) is 0 Å². The molecule has 0 spiro atoms. The van der Waals surface area contributed by atoms with Crippen LogP contribution in [0.5, 0.6) is 0 Å². The second-order valence-electron chi connectivity index (χ2n) is 6.43. The molecule has 1 unspecified atom stereocenters. The van der Waals surface area contributed by atoms with Gasteiger partial charge in [0, 0.05) is 31.9 Å². The van der Waals surface area contributed by atoms with Crippen LogP contribution >= 0.6 is 0 Å². The summed E-state index contributed by atoms with van der Waals surface area (Å²) in [7, 11) is 3.17. The molecule has 140 valence electrons. The molecule has 1 fully saturated rings. The number of non-ortho nitro benzene ring substituents is 1. The molecule has 1 atom stereocenters. The van der Waals surface area contributed by atoms with Gasteiger partial charge in [0.05, 0.1) is 27.8 Å². The van der Waals surface area contributed by atoms with E-state index in [-0.39, 0.29) is 17.0 Å². The first-order valence-corrected chi connectivity index (χ1v) is 8.14. The van der Waals surface area contributed by atoms with E-state index in [1.165, 1.54) is 36.2 Å². The van der Waals surface area contributed by atoms with E-state index in [9.17, 15) is 24.8 Å². The number of Topliss-reactive ketones (excluding diaryl/α,β-unsaturated/α-hetero) is 1. The smallest absolute Gasteiger partial charge is 0.295 e. The van der Waals surface area contributed by atoms with E-state index in [4.69, 9.17) is 0 Å². The molecule has 9 heteroatoms. The van der Waals surface area contributed by atoms with Crippen LogP contribution in [0.25, 0.3) is 5.76 Å². The number of nitro groups is 1. The summed E-state index contributed by atoms with van der Waals surface area (Å²) in [5, 5.41) is 26.0. The van der Waals surface area contributed by atoms with E-state index in [0.717, 1.165) is 0 Å². The van der Waals surface area contributed by atoms with Crippen molar-refractivity contribution in [1.82, 2.24) is 14.7 Å². The van der Waals surface area contributed by atoms with Crippen LogP contribution < -0.4 is 0 Å². The monoisotopic (exact) mass is 370 g/mol. The summed E-state index contributed by atoms with van der Waals surface area (Å²) >= 11 is 0. The molecule has 2 aromatic rings. The van der Waals surface area contributed by atoms with Gasteiger partial charge in [0.25, 0.3) is 17.4 Å². The number of nitro benzene ring substituents is 1. The fourth-order valence-electron chi connectivity index (χ4n) is 3.37. The number of hydrogen-bond acceptors (Lipinski definition) is 6. The number of nitrogens with zero attached hydrogens (tertiary/aromatic N) is 4. The number of aliphatic hydroxyl groups excluding tert-OH is 1. The standard InChI is InChI=1S/C18H18N4O5/c1-9-13(10(2)21(4)19-9)16(23)14-15(20(3)18(25)17(14)24)11-5-7-12(8-6-11)22(26)27/h5-8,15,23H,1-4H3/b16-14+. The van der Waals surface area contributed by atoms with Crippen LogP contribution in [0, 0.1) is 24.0 Å². The summed E-state index contributed by atoms with van der Waals surface area (Å²) in [5.41, 5.74) is 1.90. The van der Waals surface area contributed by atoms with Crippen molar-refractivity contribution in [3.63, 3.8) is 0 Å². The SMILES string of the molecule is Cc1nn(C)c(C)c1/C(O)=C1\C(=O)C(=O)N(C)C1c1ccc([N+](=O)[O-])cc1. The Bertz CT molecular complexity index is 1000. The first-order chi connectivity index (χ1) is 12.6. The molecule has 0 aliphatic carbocycles. The van der Waals surface area contributed by atoms with Gasteiger partial charge < -0.3 is 10.0 Å². The predicted molar refractivity (Wildman–Crippen MR) is 95.8 cm³/mol. The fraction of sp³-hybridized carbons (Fsp3) is 0.278. The van der Waals surface area contributed by atoms with Crippen molar-refractivity contribution in [2.75, 3.05) is 7.05 Å². The molecular weight excluding hydrogens is 352 g/mol. The molecule has 1 N–H and O–H groups in total. The minimum absolute atomic E-state index is 0.0597. The Hall–Kier alpha value is -3.49. The minimum Gasteiger partial charge on any atom is -0.507 e. The Morgan fingerprint density at radius 3 is 2.26 bits per heavy atom. The normalized spacial score (nSPS) is 19.0. The first-order valence-electron chi connectivity index (χ1n) is 8.14. The van der Waals surface area contributed by atoms with Gasteiger partial charge in [0.2, 0.25) is 0 Å². The minimum atomic E-state index is -0.843. The number of hydrogen-bond donors (Lipinski definition) is 1. The van der Waals surface area contributed by atoms with Crippen molar-refractivity contribution >= 4 is 23.1 Å². The lowest BCUT2D eigenvalue weighted by atomic mass is 9.94. The number of rotatable bonds is 3. The second-order valence-corrected chi connectivity index (χ2v) is 6.43. The van der Waals surface area contributed by atoms with Gasteiger partial charge >= 0.3 is 0 Å². The van der Waals surface area contributed by atoms with Crippen LogP contribution in [0.15, 0.2) is 29.8 Å². The third-order valence-corrected chi connectivity index (χ3v) is 4.84. The summed E-state index contributed by atoms with van der Waals surface area (Å²) in [6.07, 6.45) is 0. The highest BCUT2D eigenvalue weighted by molar-refractivity contribution is 6.46. The second kappa shape index (κ2) is 6.35. The number of amides is 1. The highest BCUT2D eigenvalue weighted by Gasteiger charge is 2.44. The molecule has 1 saturated heterocycles. The van der Waals surface area contributed by atoms with Gasteiger partial charge in [-0.1, -0.05) is 0 Å². The molecule has 0 radical (unpaired) electrons. The quantitative estimate of drug-likeness (QED) is 0.290. The Labute approximate surface area is 154 Å². The average molecular weight is 370 g/mol. The zero-order valence-corrected chi connectivity index (χ0v) is 15.3. The van der Waals surface area contributed by atoms with Crippen LogP contribution in [0.1, 0.15) is 28.6 Å². The average Bonchev–Trinajstić information content (AvgIpc) is 3.01. The van der Waals surface area contributed by atoms with Gasteiger partial charge in [0.1, 0.15) is 5.76 Å². The maximum atomic E-state index is 12.6. The lowest BCUT2D eigenvalue weighted by Crippen LogP contribution is -2.24. The molecule has 2 heterocycles. The van der Waals surface area contributed by atoms with Crippen LogP contribution in [-0.4, -0.2) is 43.4 Å². The summed E-state index contributed by atoms with van der Waals surface area (Å²) in [5.74, 6) is -1.86. The lowest BCUT2D eigenvalue weighted by molar-refractivity contribution is -0.384. The number of aryl methyl sites for hydroxylation is 2. The first kappa shape index (κ1) is 18.3. The van der Waals surface area contributed by atoms with E-state index in [1.807, 2.05) is 0 Å². The summed E-state index contributed by atoms with van der Waals surface area (Å²) < 4.78 is 1.58. The van der Waals surface area contributed by atoms with E-state index < -0.39 is 22.7 Å². The van der Waals surface area contributed by atoms with Gasteiger partial charge in [-0.2, -0.15) is 5.10 Å². The zero-order chi connectivity index (χ0) is 20.0. The third kappa shape index (κ3) is 2.77. The molecule has 1 aromatic heterocycles. The number of carbonyl (C=O) groups excluding carboxylic acids is 2. The van der Waals surface area contributed by atoms with Crippen LogP contribution in [0.3, 0.4) is 0 Å². The fourth-order valence-corrected chi connectivity index (χ4v) is 3.37. The summed E-state index contributed by atoms with van der Waals surface area (Å²) in [6.45, 7) is 3.45. The van der Waals surface area contributed by atoms with Crippen molar-refractivity contribution in [2.24, 2.45) is 7.05 Å². The van der Waals surface area contributed by atoms with Gasteiger partial charge in [-0.15, -0.1) is 0 Å². The predicted octanol–water partition coefficient (Wildman–Crippen LogP) is 2.00. The molecule has 1 aliphatic rings. The van der Waals surface area contributed by atoms with Gasteiger partial charge in [0.15, 0.2) is 0 Å². The maximum Gasteiger partial charge on any atom is 0.295 e. The summed E-state index contributed by atoms with van der Waals surface area (Å²) in [4.78, 5) is 36.4. The van der Waals surface area contributed by atoms with Crippen LogP contribution in [0.4, 0.5) is 5.69 Å². The van der Waals surface area contributed by atoms with Gasteiger partial charge in [-0.05, 0) is 31.5 Å². The van der Waals surface area contributed by atoms with Crippen LogP contribution in [-0.2, 0) is 16.6 Å². The molecule has 3 rings (SSSR count).